The molecule has 0 fully saturated rings. The summed E-state index contributed by atoms with van der Waals surface area (Å²) in [5.41, 5.74) is 2.65. The first kappa shape index (κ1) is 15.9. The monoisotopic (exact) mass is 309 g/mol. The van der Waals surface area contributed by atoms with E-state index < -0.39 is 11.2 Å². The number of nitrogens with one attached hydrogen (secondary N) is 1. The lowest BCUT2D eigenvalue weighted by molar-refractivity contribution is -0.0893. The number of aromatic nitrogens is 2. The van der Waals surface area contributed by atoms with Crippen molar-refractivity contribution < 1.29 is 9.76 Å². The van der Waals surface area contributed by atoms with Crippen LogP contribution in [0.1, 0.15) is 27.7 Å². The van der Waals surface area contributed by atoms with E-state index in [4.69, 9.17) is 4.65 Å². The Kier molecular flexibility index (Phi) is 3.86. The van der Waals surface area contributed by atoms with Crippen LogP contribution in [0.4, 0.5) is 0 Å². The van der Waals surface area contributed by atoms with Crippen molar-refractivity contribution in [2.45, 2.75) is 38.9 Å². The topological polar surface area (TPSA) is 50.2 Å². The number of H-pyrrole nitrogens is 1. The molecule has 119 valence electrons. The van der Waals surface area contributed by atoms with Crippen molar-refractivity contribution in [1.29, 1.82) is 0 Å². The first-order valence-electron chi connectivity index (χ1n) is 7.77. The molecule has 0 aliphatic heterocycles. The molecular formula is C18H22BN2O2. The predicted octanol–water partition coefficient (Wildman–Crippen LogP) is 2.77. The Morgan fingerprint density at radius 2 is 1.74 bits per heavy atom. The molecular weight excluding hydrogens is 287 g/mol. The average Bonchev–Trinajstić information content (AvgIpc) is 2.47. The molecule has 23 heavy (non-hydrogen) atoms. The highest BCUT2D eigenvalue weighted by molar-refractivity contribution is 6.47. The molecule has 0 unspecified atom stereocenters. The van der Waals surface area contributed by atoms with Gasteiger partial charge in [0.1, 0.15) is 0 Å². The van der Waals surface area contributed by atoms with Gasteiger partial charge < -0.3 is 9.76 Å². The van der Waals surface area contributed by atoms with Gasteiger partial charge in [0.25, 0.3) is 0 Å². The molecule has 0 bridgehead atoms. The van der Waals surface area contributed by atoms with Crippen molar-refractivity contribution in [3.63, 3.8) is 0 Å². The van der Waals surface area contributed by atoms with E-state index in [0.717, 1.165) is 22.2 Å². The number of aliphatic hydroxyl groups is 1. The SMILES string of the molecule is CC(C)(O)C(C)(C)O[B]c1ccc2[nH]n(-c3ccccc3)c2c1. The highest BCUT2D eigenvalue weighted by atomic mass is 16.5. The lowest BCUT2D eigenvalue weighted by atomic mass is 9.82. The molecule has 5 heteroatoms. The predicted molar refractivity (Wildman–Crippen MR) is 94.5 cm³/mol. The van der Waals surface area contributed by atoms with Crippen LogP contribution < -0.4 is 5.46 Å². The Hall–Kier alpha value is -1.98. The number of hydrogen-bond acceptors (Lipinski definition) is 2. The average molecular weight is 309 g/mol. The second kappa shape index (κ2) is 5.58. The van der Waals surface area contributed by atoms with Crippen LogP contribution in [-0.4, -0.2) is 33.6 Å². The van der Waals surface area contributed by atoms with Gasteiger partial charge in [-0.1, -0.05) is 29.7 Å². The maximum Gasteiger partial charge on any atom is 0.330 e. The van der Waals surface area contributed by atoms with Gasteiger partial charge in [0.2, 0.25) is 0 Å². The number of hydrogen-bond donors (Lipinski definition) is 2. The molecule has 0 aliphatic carbocycles. The van der Waals surface area contributed by atoms with Crippen LogP contribution in [0.15, 0.2) is 48.5 Å². The minimum atomic E-state index is -0.930. The van der Waals surface area contributed by atoms with Crippen LogP contribution in [0.3, 0.4) is 0 Å². The fourth-order valence-electron chi connectivity index (χ4n) is 2.17. The van der Waals surface area contributed by atoms with Gasteiger partial charge in [0.05, 0.1) is 27.9 Å². The standard InChI is InChI=1S/C18H22BN2O2/c1-17(2,22)18(3,4)23-19-13-10-11-15-16(12-13)21(20-15)14-8-6-5-7-9-14/h5-12,20,22H,1-4H3. The molecule has 1 aromatic heterocycles. The summed E-state index contributed by atoms with van der Waals surface area (Å²) in [7, 11) is 1.71. The second-order valence-electron chi connectivity index (χ2n) is 6.86. The summed E-state index contributed by atoms with van der Waals surface area (Å²) in [4.78, 5) is 0. The van der Waals surface area contributed by atoms with E-state index in [1.807, 2.05) is 48.9 Å². The summed E-state index contributed by atoms with van der Waals surface area (Å²) in [6, 6.07) is 16.2. The summed E-state index contributed by atoms with van der Waals surface area (Å²) in [5, 5.41) is 13.5. The van der Waals surface area contributed by atoms with Gasteiger partial charge >= 0.3 is 7.48 Å². The van der Waals surface area contributed by atoms with E-state index in [0.29, 0.717) is 0 Å². The fraction of sp³-hybridized carbons (Fsp3) is 0.333. The van der Waals surface area contributed by atoms with Crippen molar-refractivity contribution in [1.82, 2.24) is 9.78 Å². The minimum Gasteiger partial charge on any atom is -0.427 e. The quantitative estimate of drug-likeness (QED) is 0.712. The summed E-state index contributed by atoms with van der Waals surface area (Å²) in [6.07, 6.45) is 0. The van der Waals surface area contributed by atoms with Crippen LogP contribution in [0.25, 0.3) is 16.7 Å². The Labute approximate surface area is 137 Å². The molecule has 1 heterocycles. The number of para-hydroxylation sites is 1. The molecule has 4 nitrogen and oxygen atoms in total. The fourth-order valence-corrected chi connectivity index (χ4v) is 2.17. The molecule has 1 radical (unpaired) electrons. The zero-order valence-electron chi connectivity index (χ0n) is 14.0. The van der Waals surface area contributed by atoms with E-state index in [9.17, 15) is 5.11 Å². The van der Waals surface area contributed by atoms with Crippen LogP contribution in [-0.2, 0) is 4.65 Å². The highest BCUT2D eigenvalue weighted by Gasteiger charge is 2.35. The third-order valence-electron chi connectivity index (χ3n) is 4.47. The zero-order chi connectivity index (χ0) is 16.7. The number of aromatic amines is 1. The van der Waals surface area contributed by atoms with Gasteiger partial charge in [-0.25, -0.2) is 0 Å². The van der Waals surface area contributed by atoms with E-state index in [2.05, 4.69) is 23.3 Å². The smallest absolute Gasteiger partial charge is 0.330 e. The van der Waals surface area contributed by atoms with Crippen molar-refractivity contribution in [2.24, 2.45) is 0 Å². The first-order chi connectivity index (χ1) is 10.8. The molecule has 0 saturated carbocycles. The summed E-state index contributed by atoms with van der Waals surface area (Å²) >= 11 is 0. The number of nitrogens with zero attached hydrogens (tertiary/aromatic N) is 1. The highest BCUT2D eigenvalue weighted by Crippen LogP contribution is 2.24. The maximum atomic E-state index is 10.2. The molecule has 0 saturated heterocycles. The molecule has 2 N–H and O–H groups in total. The zero-order valence-corrected chi connectivity index (χ0v) is 14.0. The van der Waals surface area contributed by atoms with Crippen molar-refractivity contribution >= 4 is 24.0 Å². The second-order valence-corrected chi connectivity index (χ2v) is 6.86. The molecule has 0 aliphatic rings. The van der Waals surface area contributed by atoms with Gasteiger partial charge in [-0.3, -0.25) is 9.78 Å². The van der Waals surface area contributed by atoms with Gasteiger partial charge in [-0.2, -0.15) is 0 Å². The summed E-state index contributed by atoms with van der Waals surface area (Å²) in [6.45, 7) is 7.25. The van der Waals surface area contributed by atoms with Crippen LogP contribution in [0.2, 0.25) is 0 Å². The van der Waals surface area contributed by atoms with Gasteiger partial charge in [-0.15, -0.1) is 0 Å². The molecule has 3 rings (SSSR count). The Morgan fingerprint density at radius 3 is 2.39 bits per heavy atom. The minimum absolute atomic E-state index is 0.673. The maximum absolute atomic E-state index is 10.2. The van der Waals surface area contributed by atoms with Crippen molar-refractivity contribution in [2.75, 3.05) is 0 Å². The van der Waals surface area contributed by atoms with Crippen LogP contribution in [0.5, 0.6) is 0 Å². The van der Waals surface area contributed by atoms with Crippen molar-refractivity contribution in [3.05, 3.63) is 48.5 Å². The van der Waals surface area contributed by atoms with Gasteiger partial charge in [-0.05, 0) is 52.0 Å². The lowest BCUT2D eigenvalue weighted by Gasteiger charge is -2.37. The number of benzene rings is 2. The summed E-state index contributed by atoms with van der Waals surface area (Å²) in [5.74, 6) is 0. The largest absolute Gasteiger partial charge is 0.427 e. The van der Waals surface area contributed by atoms with E-state index in [1.165, 1.54) is 0 Å². The van der Waals surface area contributed by atoms with Crippen LogP contribution >= 0.6 is 0 Å². The molecule has 0 amide bonds. The molecule has 3 aromatic rings. The molecule has 2 aromatic carbocycles. The number of fused-ring (bicyclic) bond motifs is 1. The van der Waals surface area contributed by atoms with E-state index in [-0.39, 0.29) is 0 Å². The Balaban J connectivity index is 1.81. The Bertz CT molecular complexity index is 797. The summed E-state index contributed by atoms with van der Waals surface area (Å²) < 4.78 is 7.86. The van der Waals surface area contributed by atoms with Gasteiger partial charge in [0.15, 0.2) is 0 Å². The number of rotatable bonds is 5. The van der Waals surface area contributed by atoms with E-state index >= 15 is 0 Å². The normalized spacial score (nSPS) is 12.7. The lowest BCUT2D eigenvalue weighted by Crippen LogP contribution is -2.49. The Morgan fingerprint density at radius 1 is 1.04 bits per heavy atom. The van der Waals surface area contributed by atoms with Crippen LogP contribution in [0, 0.1) is 0 Å². The third-order valence-corrected chi connectivity index (χ3v) is 4.47. The van der Waals surface area contributed by atoms with E-state index in [1.54, 1.807) is 21.3 Å². The first-order valence-corrected chi connectivity index (χ1v) is 7.77. The van der Waals surface area contributed by atoms with Crippen molar-refractivity contribution in [3.8, 4) is 5.69 Å². The molecule has 0 spiro atoms. The van der Waals surface area contributed by atoms with Gasteiger partial charge in [0, 0.05) is 0 Å². The molecule has 0 atom stereocenters. The third kappa shape index (κ3) is 3.07.